The summed E-state index contributed by atoms with van der Waals surface area (Å²) in [6.45, 7) is 2.09. The van der Waals surface area contributed by atoms with E-state index in [1.807, 2.05) is 48.5 Å². The number of benzene rings is 2. The lowest BCUT2D eigenvalue weighted by Gasteiger charge is -2.10. The number of rotatable bonds is 4. The smallest absolute Gasteiger partial charge is 0.196 e. The summed E-state index contributed by atoms with van der Waals surface area (Å²) in [4.78, 5) is 0. The highest BCUT2D eigenvalue weighted by atomic mass is 32.2. The Morgan fingerprint density at radius 3 is 2.62 bits per heavy atom. The van der Waals surface area contributed by atoms with Crippen molar-refractivity contribution in [3.05, 3.63) is 71.8 Å². The standard InChI is InChI=1S/C19H17N3OS/c1-13-11-18-20-21-19(22(18)16-10-6-5-9-15(13)16)24-12-17(23)14-7-3-2-4-8-14/h2-11,17,23H,12H2,1H3. The second kappa shape index (κ2) is 6.26. The van der Waals surface area contributed by atoms with Gasteiger partial charge in [-0.15, -0.1) is 10.2 Å². The highest BCUT2D eigenvalue weighted by Crippen LogP contribution is 2.28. The maximum atomic E-state index is 10.4. The van der Waals surface area contributed by atoms with Crippen molar-refractivity contribution in [3.8, 4) is 0 Å². The monoisotopic (exact) mass is 335 g/mol. The first-order valence-corrected chi connectivity index (χ1v) is 8.82. The predicted molar refractivity (Wildman–Crippen MR) is 97.4 cm³/mol. The van der Waals surface area contributed by atoms with Gasteiger partial charge >= 0.3 is 0 Å². The van der Waals surface area contributed by atoms with Crippen LogP contribution in [-0.4, -0.2) is 25.5 Å². The van der Waals surface area contributed by atoms with E-state index in [0.29, 0.717) is 5.75 Å². The second-order valence-corrected chi connectivity index (χ2v) is 6.75. The zero-order chi connectivity index (χ0) is 16.5. The summed E-state index contributed by atoms with van der Waals surface area (Å²) >= 11 is 1.52. The average Bonchev–Trinajstić information content (AvgIpc) is 3.03. The number of fused-ring (bicyclic) bond motifs is 3. The van der Waals surface area contributed by atoms with Crippen LogP contribution in [0.1, 0.15) is 17.2 Å². The number of para-hydroxylation sites is 1. The Hall–Kier alpha value is -2.37. The average molecular weight is 335 g/mol. The summed E-state index contributed by atoms with van der Waals surface area (Å²) in [6.07, 6.45) is -0.528. The van der Waals surface area contributed by atoms with Crippen molar-refractivity contribution in [3.63, 3.8) is 0 Å². The molecular weight excluding hydrogens is 318 g/mol. The normalized spacial score (nSPS) is 12.8. The molecule has 24 heavy (non-hydrogen) atoms. The van der Waals surface area contributed by atoms with Crippen LogP contribution in [0.25, 0.3) is 16.6 Å². The van der Waals surface area contributed by atoms with Crippen LogP contribution in [0.3, 0.4) is 0 Å². The number of thioether (sulfide) groups is 1. The van der Waals surface area contributed by atoms with Crippen molar-refractivity contribution in [1.82, 2.24) is 14.6 Å². The number of pyridine rings is 1. The first-order valence-electron chi connectivity index (χ1n) is 7.83. The van der Waals surface area contributed by atoms with Crippen LogP contribution in [0.5, 0.6) is 0 Å². The molecule has 0 aliphatic carbocycles. The minimum absolute atomic E-state index is 0.528. The van der Waals surface area contributed by atoms with Gasteiger partial charge in [0.15, 0.2) is 10.8 Å². The third-order valence-electron chi connectivity index (χ3n) is 4.13. The molecule has 1 N–H and O–H groups in total. The lowest BCUT2D eigenvalue weighted by molar-refractivity contribution is 0.204. The highest BCUT2D eigenvalue weighted by Gasteiger charge is 2.14. The number of aliphatic hydroxyl groups is 1. The van der Waals surface area contributed by atoms with Crippen molar-refractivity contribution in [2.45, 2.75) is 18.2 Å². The summed E-state index contributed by atoms with van der Waals surface area (Å²) in [5.41, 5.74) is 4.03. The van der Waals surface area contributed by atoms with E-state index in [0.717, 1.165) is 21.9 Å². The van der Waals surface area contributed by atoms with E-state index in [4.69, 9.17) is 0 Å². The number of aromatic nitrogens is 3. The molecule has 0 aliphatic rings. The molecule has 4 rings (SSSR count). The van der Waals surface area contributed by atoms with E-state index in [1.165, 1.54) is 22.7 Å². The van der Waals surface area contributed by atoms with E-state index in [2.05, 4.69) is 33.7 Å². The maximum Gasteiger partial charge on any atom is 0.196 e. The van der Waals surface area contributed by atoms with Crippen molar-refractivity contribution in [1.29, 1.82) is 0 Å². The molecule has 0 saturated carbocycles. The molecular formula is C19H17N3OS. The molecule has 2 aromatic carbocycles. The lowest BCUT2D eigenvalue weighted by Crippen LogP contribution is -2.01. The summed E-state index contributed by atoms with van der Waals surface area (Å²) in [5, 5.41) is 21.0. The van der Waals surface area contributed by atoms with Crippen molar-refractivity contribution < 1.29 is 5.11 Å². The Morgan fingerprint density at radius 2 is 1.79 bits per heavy atom. The minimum atomic E-state index is -0.528. The van der Waals surface area contributed by atoms with Gasteiger partial charge in [-0.2, -0.15) is 0 Å². The van der Waals surface area contributed by atoms with Gasteiger partial charge in [0.1, 0.15) is 0 Å². The molecule has 1 atom stereocenters. The zero-order valence-electron chi connectivity index (χ0n) is 13.3. The molecule has 4 aromatic rings. The Kier molecular flexibility index (Phi) is 3.96. The first-order chi connectivity index (χ1) is 11.7. The Balaban J connectivity index is 1.69. The van der Waals surface area contributed by atoms with Gasteiger partial charge in [0.05, 0.1) is 11.6 Å². The van der Waals surface area contributed by atoms with Gasteiger partial charge in [0.2, 0.25) is 0 Å². The number of hydrogen-bond donors (Lipinski definition) is 1. The third kappa shape index (κ3) is 2.66. The molecule has 2 aromatic heterocycles. The van der Waals surface area contributed by atoms with Crippen LogP contribution < -0.4 is 0 Å². The quantitative estimate of drug-likeness (QED) is 0.572. The minimum Gasteiger partial charge on any atom is -0.388 e. The van der Waals surface area contributed by atoms with Gasteiger partial charge in [0.25, 0.3) is 0 Å². The van der Waals surface area contributed by atoms with E-state index in [9.17, 15) is 5.11 Å². The second-order valence-electron chi connectivity index (χ2n) is 5.76. The molecule has 0 amide bonds. The molecule has 4 nitrogen and oxygen atoms in total. The summed E-state index contributed by atoms with van der Waals surface area (Å²) < 4.78 is 2.06. The van der Waals surface area contributed by atoms with E-state index < -0.39 is 6.10 Å². The SMILES string of the molecule is Cc1cc2nnc(SCC(O)c3ccccc3)n2c2ccccc12. The molecule has 120 valence electrons. The number of aryl methyl sites for hydroxylation is 1. The van der Waals surface area contributed by atoms with E-state index in [1.54, 1.807) is 0 Å². The predicted octanol–water partition coefficient (Wildman–Crippen LogP) is 4.02. The molecule has 0 bridgehead atoms. The van der Waals surface area contributed by atoms with Gasteiger partial charge in [-0.3, -0.25) is 4.40 Å². The molecule has 0 radical (unpaired) electrons. The highest BCUT2D eigenvalue weighted by molar-refractivity contribution is 7.99. The van der Waals surface area contributed by atoms with Crippen LogP contribution >= 0.6 is 11.8 Å². The number of hydrogen-bond acceptors (Lipinski definition) is 4. The fourth-order valence-electron chi connectivity index (χ4n) is 2.89. The van der Waals surface area contributed by atoms with Crippen molar-refractivity contribution >= 4 is 28.3 Å². The lowest BCUT2D eigenvalue weighted by atomic mass is 10.1. The zero-order valence-corrected chi connectivity index (χ0v) is 14.1. The third-order valence-corrected chi connectivity index (χ3v) is 5.13. The molecule has 0 aliphatic heterocycles. The van der Waals surface area contributed by atoms with Crippen molar-refractivity contribution in [2.75, 3.05) is 5.75 Å². The van der Waals surface area contributed by atoms with E-state index >= 15 is 0 Å². The van der Waals surface area contributed by atoms with Gasteiger partial charge in [-0.1, -0.05) is 60.3 Å². The first kappa shape index (κ1) is 15.2. The van der Waals surface area contributed by atoms with Crippen molar-refractivity contribution in [2.24, 2.45) is 0 Å². The summed E-state index contributed by atoms with van der Waals surface area (Å²) in [7, 11) is 0. The number of aliphatic hydroxyl groups excluding tert-OH is 1. The topological polar surface area (TPSA) is 50.4 Å². The van der Waals surface area contributed by atoms with Crippen LogP contribution in [0, 0.1) is 6.92 Å². The van der Waals surface area contributed by atoms with Gasteiger partial charge in [-0.05, 0) is 30.2 Å². The van der Waals surface area contributed by atoms with Crippen LogP contribution in [0.15, 0.2) is 65.8 Å². The maximum absolute atomic E-state index is 10.4. The molecule has 0 saturated heterocycles. The Bertz CT molecular complexity index is 998. The Labute approximate surface area is 144 Å². The van der Waals surface area contributed by atoms with Gasteiger partial charge in [0, 0.05) is 11.1 Å². The molecule has 5 heteroatoms. The van der Waals surface area contributed by atoms with Gasteiger partial charge in [-0.25, -0.2) is 0 Å². The summed E-state index contributed by atoms with van der Waals surface area (Å²) in [5.74, 6) is 0.535. The fourth-order valence-corrected chi connectivity index (χ4v) is 3.81. The molecule has 1 unspecified atom stereocenters. The molecule has 2 heterocycles. The largest absolute Gasteiger partial charge is 0.388 e. The summed E-state index contributed by atoms with van der Waals surface area (Å²) in [6, 6.07) is 20.0. The molecule has 0 spiro atoms. The van der Waals surface area contributed by atoms with Crippen LogP contribution in [-0.2, 0) is 0 Å². The Morgan fingerprint density at radius 1 is 1.04 bits per heavy atom. The van der Waals surface area contributed by atoms with Crippen LogP contribution in [0.2, 0.25) is 0 Å². The molecule has 0 fully saturated rings. The fraction of sp³-hybridized carbons (Fsp3) is 0.158. The van der Waals surface area contributed by atoms with Gasteiger partial charge < -0.3 is 5.11 Å². The van der Waals surface area contributed by atoms with Crippen LogP contribution in [0.4, 0.5) is 0 Å². The number of nitrogens with zero attached hydrogens (tertiary/aromatic N) is 3. The van der Waals surface area contributed by atoms with E-state index in [-0.39, 0.29) is 0 Å².